The molecule has 2 rings (SSSR count). The van der Waals surface area contributed by atoms with Crippen molar-refractivity contribution >= 4 is 0 Å². The quantitative estimate of drug-likeness (QED) is 0.805. The molecule has 0 fully saturated rings. The van der Waals surface area contributed by atoms with Crippen molar-refractivity contribution in [3.8, 4) is 23.1 Å². The third-order valence-electron chi connectivity index (χ3n) is 2.53. The molecule has 0 atom stereocenters. The van der Waals surface area contributed by atoms with Crippen LogP contribution in [0.5, 0.6) is 5.88 Å². The van der Waals surface area contributed by atoms with Crippen LogP contribution in [0.15, 0.2) is 42.6 Å². The Morgan fingerprint density at radius 3 is 2.71 bits per heavy atom. The standard InChI is InChI=1S/C14H12N2O/c1-17-14-9-12(7-8-15)13(10-16-14)11-5-3-2-4-6-11/h2-6,9-10H,7H2,1H3. The summed E-state index contributed by atoms with van der Waals surface area (Å²) in [5, 5.41) is 8.84. The van der Waals surface area contributed by atoms with Crippen molar-refractivity contribution in [1.82, 2.24) is 4.98 Å². The zero-order valence-electron chi connectivity index (χ0n) is 9.55. The third kappa shape index (κ3) is 2.43. The number of rotatable bonds is 3. The van der Waals surface area contributed by atoms with Crippen LogP contribution in [-0.2, 0) is 6.42 Å². The second-order valence-electron chi connectivity index (χ2n) is 3.58. The highest BCUT2D eigenvalue weighted by atomic mass is 16.5. The highest BCUT2D eigenvalue weighted by Gasteiger charge is 2.07. The van der Waals surface area contributed by atoms with Gasteiger partial charge in [-0.2, -0.15) is 5.26 Å². The normalized spacial score (nSPS) is 9.65. The largest absolute Gasteiger partial charge is 0.481 e. The lowest BCUT2D eigenvalue weighted by atomic mass is 10.0. The van der Waals surface area contributed by atoms with Gasteiger partial charge in [0, 0.05) is 17.8 Å². The Kier molecular flexibility index (Phi) is 3.37. The van der Waals surface area contributed by atoms with Crippen molar-refractivity contribution in [3.05, 3.63) is 48.2 Å². The van der Waals surface area contributed by atoms with Crippen molar-refractivity contribution in [2.24, 2.45) is 0 Å². The second kappa shape index (κ2) is 5.13. The Hall–Kier alpha value is -2.34. The minimum atomic E-state index is 0.350. The molecule has 17 heavy (non-hydrogen) atoms. The Bertz CT molecular complexity index is 544. The first-order valence-corrected chi connectivity index (χ1v) is 5.30. The van der Waals surface area contributed by atoms with E-state index in [9.17, 15) is 0 Å². The highest BCUT2D eigenvalue weighted by Crippen LogP contribution is 2.25. The molecule has 0 aliphatic rings. The van der Waals surface area contributed by atoms with Crippen molar-refractivity contribution in [1.29, 1.82) is 5.26 Å². The summed E-state index contributed by atoms with van der Waals surface area (Å²) in [5.74, 6) is 0.537. The summed E-state index contributed by atoms with van der Waals surface area (Å²) in [5.41, 5.74) is 2.98. The Balaban J connectivity index is 2.50. The minimum absolute atomic E-state index is 0.350. The van der Waals surface area contributed by atoms with E-state index in [1.54, 1.807) is 13.3 Å². The molecule has 1 aromatic heterocycles. The molecule has 0 saturated carbocycles. The molecule has 0 aliphatic carbocycles. The first-order chi connectivity index (χ1) is 8.35. The van der Waals surface area contributed by atoms with E-state index in [-0.39, 0.29) is 0 Å². The van der Waals surface area contributed by atoms with Gasteiger partial charge in [0.2, 0.25) is 5.88 Å². The van der Waals surface area contributed by atoms with Crippen LogP contribution in [0.1, 0.15) is 5.56 Å². The van der Waals surface area contributed by atoms with E-state index < -0.39 is 0 Å². The molecule has 0 aliphatic heterocycles. The lowest BCUT2D eigenvalue weighted by Crippen LogP contribution is -1.94. The number of nitrogens with zero attached hydrogens (tertiary/aromatic N) is 2. The highest BCUT2D eigenvalue weighted by molar-refractivity contribution is 5.67. The smallest absolute Gasteiger partial charge is 0.213 e. The van der Waals surface area contributed by atoms with Crippen molar-refractivity contribution in [3.63, 3.8) is 0 Å². The van der Waals surface area contributed by atoms with Gasteiger partial charge in [0.15, 0.2) is 0 Å². The molecule has 0 amide bonds. The maximum Gasteiger partial charge on any atom is 0.213 e. The van der Waals surface area contributed by atoms with Crippen molar-refractivity contribution < 1.29 is 4.74 Å². The lowest BCUT2D eigenvalue weighted by molar-refractivity contribution is 0.397. The first kappa shape index (κ1) is 11.2. The number of benzene rings is 1. The molecule has 0 N–H and O–H groups in total. The molecule has 0 spiro atoms. The fourth-order valence-corrected chi connectivity index (χ4v) is 1.70. The van der Waals surface area contributed by atoms with Crippen LogP contribution in [0, 0.1) is 11.3 Å². The summed E-state index contributed by atoms with van der Waals surface area (Å²) >= 11 is 0. The fourth-order valence-electron chi connectivity index (χ4n) is 1.70. The summed E-state index contributed by atoms with van der Waals surface area (Å²) < 4.78 is 5.07. The van der Waals surface area contributed by atoms with Gasteiger partial charge in [-0.05, 0) is 11.1 Å². The molecule has 1 aromatic carbocycles. The SMILES string of the molecule is COc1cc(CC#N)c(-c2ccccc2)cn1. The van der Waals surface area contributed by atoms with Crippen molar-refractivity contribution in [2.45, 2.75) is 6.42 Å². The summed E-state index contributed by atoms with van der Waals surface area (Å²) in [4.78, 5) is 4.18. The molecular formula is C14H12N2O. The number of methoxy groups -OCH3 is 1. The third-order valence-corrected chi connectivity index (χ3v) is 2.53. The predicted molar refractivity (Wildman–Crippen MR) is 65.5 cm³/mol. The van der Waals surface area contributed by atoms with Gasteiger partial charge in [0.05, 0.1) is 19.6 Å². The van der Waals surface area contributed by atoms with E-state index in [2.05, 4.69) is 11.1 Å². The predicted octanol–water partition coefficient (Wildman–Crippen LogP) is 2.82. The van der Waals surface area contributed by atoms with Gasteiger partial charge in [0.1, 0.15) is 0 Å². The van der Waals surface area contributed by atoms with E-state index >= 15 is 0 Å². The number of aromatic nitrogens is 1. The van der Waals surface area contributed by atoms with Gasteiger partial charge in [-0.15, -0.1) is 0 Å². The molecule has 2 aromatic rings. The number of pyridine rings is 1. The Morgan fingerprint density at radius 2 is 2.06 bits per heavy atom. The van der Waals surface area contributed by atoms with Crippen LogP contribution in [-0.4, -0.2) is 12.1 Å². The number of hydrogen-bond acceptors (Lipinski definition) is 3. The van der Waals surface area contributed by atoms with Crippen LogP contribution >= 0.6 is 0 Å². The van der Waals surface area contributed by atoms with Crippen LogP contribution in [0.25, 0.3) is 11.1 Å². The average molecular weight is 224 g/mol. The number of ether oxygens (including phenoxy) is 1. The van der Waals surface area contributed by atoms with E-state index in [0.717, 1.165) is 16.7 Å². The number of hydrogen-bond donors (Lipinski definition) is 0. The van der Waals surface area contributed by atoms with Gasteiger partial charge < -0.3 is 4.74 Å². The van der Waals surface area contributed by atoms with Gasteiger partial charge in [-0.3, -0.25) is 0 Å². The summed E-state index contributed by atoms with van der Waals surface area (Å²) in [6.07, 6.45) is 2.10. The zero-order valence-corrected chi connectivity index (χ0v) is 9.55. The monoisotopic (exact) mass is 224 g/mol. The summed E-state index contributed by atoms with van der Waals surface area (Å²) in [6, 6.07) is 13.9. The average Bonchev–Trinajstić information content (AvgIpc) is 2.40. The number of nitriles is 1. The molecular weight excluding hydrogens is 212 g/mol. The summed E-state index contributed by atoms with van der Waals surface area (Å²) in [7, 11) is 1.57. The molecule has 3 heteroatoms. The second-order valence-corrected chi connectivity index (χ2v) is 3.58. The zero-order chi connectivity index (χ0) is 12.1. The molecule has 0 saturated heterocycles. The molecule has 0 radical (unpaired) electrons. The minimum Gasteiger partial charge on any atom is -0.481 e. The van der Waals surface area contributed by atoms with E-state index in [4.69, 9.17) is 10.00 Å². The van der Waals surface area contributed by atoms with Gasteiger partial charge in [-0.25, -0.2) is 4.98 Å². The van der Waals surface area contributed by atoms with Crippen LogP contribution in [0.3, 0.4) is 0 Å². The van der Waals surface area contributed by atoms with Gasteiger partial charge >= 0.3 is 0 Å². The summed E-state index contributed by atoms with van der Waals surface area (Å²) in [6.45, 7) is 0. The Labute approximate surface area is 100 Å². The van der Waals surface area contributed by atoms with E-state index in [0.29, 0.717) is 12.3 Å². The maximum absolute atomic E-state index is 8.84. The van der Waals surface area contributed by atoms with Crippen LogP contribution in [0.2, 0.25) is 0 Å². The van der Waals surface area contributed by atoms with Crippen LogP contribution in [0.4, 0.5) is 0 Å². The van der Waals surface area contributed by atoms with E-state index in [1.807, 2.05) is 36.4 Å². The molecule has 0 unspecified atom stereocenters. The van der Waals surface area contributed by atoms with Gasteiger partial charge in [0.25, 0.3) is 0 Å². The maximum atomic E-state index is 8.84. The molecule has 3 nitrogen and oxygen atoms in total. The Morgan fingerprint density at radius 1 is 1.29 bits per heavy atom. The molecule has 84 valence electrons. The van der Waals surface area contributed by atoms with Gasteiger partial charge in [-0.1, -0.05) is 30.3 Å². The lowest BCUT2D eigenvalue weighted by Gasteiger charge is -2.08. The fraction of sp³-hybridized carbons (Fsp3) is 0.143. The van der Waals surface area contributed by atoms with E-state index in [1.165, 1.54) is 0 Å². The first-order valence-electron chi connectivity index (χ1n) is 5.30. The molecule has 1 heterocycles. The van der Waals surface area contributed by atoms with Crippen molar-refractivity contribution in [2.75, 3.05) is 7.11 Å². The van der Waals surface area contributed by atoms with Crippen LogP contribution < -0.4 is 4.74 Å². The molecule has 0 bridgehead atoms. The topological polar surface area (TPSA) is 45.9 Å².